The van der Waals surface area contributed by atoms with Crippen LogP contribution in [0.15, 0.2) is 71.2 Å². The summed E-state index contributed by atoms with van der Waals surface area (Å²) in [6.45, 7) is 4.14. The van der Waals surface area contributed by atoms with Gasteiger partial charge in [-0.2, -0.15) is 0 Å². The SMILES string of the molecule is CC1(C)[C@H](C=C(Cl)Cl)[C@@H]1C(=O)N(c1ccccc1)c1ccccc1. The number of halogens is 2. The lowest BCUT2D eigenvalue weighted by Crippen LogP contribution is -2.29. The third-order valence-corrected chi connectivity index (χ3v) is 4.98. The molecular weight excluding hydrogens is 341 g/mol. The molecule has 4 heteroatoms. The van der Waals surface area contributed by atoms with Gasteiger partial charge in [-0.25, -0.2) is 0 Å². The molecule has 1 fully saturated rings. The number of benzene rings is 2. The van der Waals surface area contributed by atoms with Gasteiger partial charge in [0.15, 0.2) is 0 Å². The highest BCUT2D eigenvalue weighted by Gasteiger charge is 2.61. The zero-order valence-electron chi connectivity index (χ0n) is 13.6. The lowest BCUT2D eigenvalue weighted by atomic mass is 10.1. The minimum absolute atomic E-state index is 0.0462. The van der Waals surface area contributed by atoms with E-state index < -0.39 is 0 Å². The third kappa shape index (κ3) is 3.22. The van der Waals surface area contributed by atoms with E-state index in [0.29, 0.717) is 0 Å². The number of carbonyl (C=O) groups is 1. The summed E-state index contributed by atoms with van der Waals surface area (Å²) in [6.07, 6.45) is 1.78. The standard InChI is InChI=1S/C20H19Cl2NO/c1-20(2)16(13-17(21)22)18(20)19(24)23(14-9-5-3-6-10-14)15-11-7-4-8-12-15/h3-13,16,18H,1-2H3/t16-,18-/m1/s1. The van der Waals surface area contributed by atoms with Gasteiger partial charge < -0.3 is 0 Å². The second-order valence-electron chi connectivity index (χ2n) is 6.63. The Morgan fingerprint density at radius 2 is 1.42 bits per heavy atom. The fraction of sp³-hybridized carbons (Fsp3) is 0.250. The number of amides is 1. The van der Waals surface area contributed by atoms with Crippen LogP contribution in [0.3, 0.4) is 0 Å². The Hall–Kier alpha value is -1.77. The molecule has 1 saturated carbocycles. The Kier molecular flexibility index (Phi) is 4.71. The van der Waals surface area contributed by atoms with E-state index in [0.717, 1.165) is 11.4 Å². The summed E-state index contributed by atoms with van der Waals surface area (Å²) >= 11 is 11.7. The Morgan fingerprint density at radius 1 is 0.958 bits per heavy atom. The second kappa shape index (κ2) is 6.62. The number of para-hydroxylation sites is 2. The first-order valence-electron chi connectivity index (χ1n) is 7.90. The van der Waals surface area contributed by atoms with Gasteiger partial charge in [0.2, 0.25) is 5.91 Å². The number of carbonyl (C=O) groups excluding carboxylic acids is 1. The van der Waals surface area contributed by atoms with Gasteiger partial charge in [0.25, 0.3) is 0 Å². The molecule has 2 aromatic carbocycles. The lowest BCUT2D eigenvalue weighted by Gasteiger charge is -2.24. The molecule has 0 aromatic heterocycles. The van der Waals surface area contributed by atoms with Gasteiger partial charge in [-0.1, -0.05) is 73.4 Å². The molecule has 124 valence electrons. The maximum atomic E-state index is 13.3. The number of hydrogen-bond donors (Lipinski definition) is 0. The maximum absolute atomic E-state index is 13.3. The molecule has 0 bridgehead atoms. The van der Waals surface area contributed by atoms with Gasteiger partial charge in [-0.15, -0.1) is 0 Å². The molecule has 2 nitrogen and oxygen atoms in total. The molecule has 0 aliphatic heterocycles. The Balaban J connectivity index is 1.98. The molecule has 0 radical (unpaired) electrons. The number of rotatable bonds is 4. The molecule has 2 aromatic rings. The normalized spacial score (nSPS) is 21.0. The van der Waals surface area contributed by atoms with Crippen LogP contribution < -0.4 is 4.90 Å². The number of nitrogens with zero attached hydrogens (tertiary/aromatic N) is 1. The van der Waals surface area contributed by atoms with Crippen LogP contribution in [0.5, 0.6) is 0 Å². The van der Waals surface area contributed by atoms with Gasteiger partial charge in [-0.3, -0.25) is 9.69 Å². The molecule has 0 N–H and O–H groups in total. The summed E-state index contributed by atoms with van der Waals surface area (Å²) in [4.78, 5) is 15.1. The van der Waals surface area contributed by atoms with Crippen LogP contribution in [0.25, 0.3) is 0 Å². The van der Waals surface area contributed by atoms with Crippen LogP contribution in [-0.4, -0.2) is 5.91 Å². The summed E-state index contributed by atoms with van der Waals surface area (Å²) < 4.78 is 0.217. The van der Waals surface area contributed by atoms with Crippen LogP contribution in [0.4, 0.5) is 11.4 Å². The predicted octanol–water partition coefficient (Wildman–Crippen LogP) is 5.94. The third-order valence-electron chi connectivity index (χ3n) is 4.73. The van der Waals surface area contributed by atoms with Crippen molar-refractivity contribution in [2.75, 3.05) is 4.90 Å². The number of anilines is 2. The van der Waals surface area contributed by atoms with Crippen LogP contribution in [-0.2, 0) is 4.79 Å². The average molecular weight is 360 g/mol. The zero-order valence-corrected chi connectivity index (χ0v) is 15.1. The molecule has 24 heavy (non-hydrogen) atoms. The van der Waals surface area contributed by atoms with E-state index in [-0.39, 0.29) is 27.6 Å². The highest BCUT2D eigenvalue weighted by Crippen LogP contribution is 2.61. The molecule has 0 unspecified atom stereocenters. The highest BCUT2D eigenvalue weighted by atomic mass is 35.5. The van der Waals surface area contributed by atoms with Crippen molar-refractivity contribution in [2.45, 2.75) is 13.8 Å². The summed E-state index contributed by atoms with van der Waals surface area (Å²) in [6, 6.07) is 19.4. The highest BCUT2D eigenvalue weighted by molar-refractivity contribution is 6.55. The van der Waals surface area contributed by atoms with Crippen LogP contribution in [0.1, 0.15) is 13.8 Å². The Morgan fingerprint density at radius 3 is 1.83 bits per heavy atom. The fourth-order valence-corrected chi connectivity index (χ4v) is 3.56. The van der Waals surface area contributed by atoms with Crippen LogP contribution in [0, 0.1) is 17.3 Å². The fourth-order valence-electron chi connectivity index (χ4n) is 3.29. The first-order chi connectivity index (χ1) is 11.4. The average Bonchev–Trinajstić information content (AvgIpc) is 3.09. The van der Waals surface area contributed by atoms with E-state index in [1.165, 1.54) is 0 Å². The molecule has 0 spiro atoms. The monoisotopic (exact) mass is 359 g/mol. The van der Waals surface area contributed by atoms with Gasteiger partial charge in [-0.05, 0) is 41.7 Å². The summed E-state index contributed by atoms with van der Waals surface area (Å²) in [7, 11) is 0. The van der Waals surface area contributed by atoms with E-state index in [2.05, 4.69) is 13.8 Å². The molecule has 3 rings (SSSR count). The van der Waals surface area contributed by atoms with Crippen molar-refractivity contribution in [2.24, 2.45) is 17.3 Å². The van der Waals surface area contributed by atoms with Gasteiger partial charge in [0.1, 0.15) is 4.49 Å². The van der Waals surface area contributed by atoms with Crippen molar-refractivity contribution in [3.8, 4) is 0 Å². The smallest absolute Gasteiger partial charge is 0.235 e. The first-order valence-corrected chi connectivity index (χ1v) is 8.65. The van der Waals surface area contributed by atoms with Gasteiger partial charge in [0, 0.05) is 11.4 Å². The van der Waals surface area contributed by atoms with E-state index in [9.17, 15) is 4.79 Å². The molecular formula is C20H19Cl2NO. The molecule has 1 aliphatic rings. The second-order valence-corrected chi connectivity index (χ2v) is 7.63. The van der Waals surface area contributed by atoms with Crippen LogP contribution in [0.2, 0.25) is 0 Å². The molecule has 1 amide bonds. The summed E-state index contributed by atoms with van der Waals surface area (Å²) in [5.74, 6) is -0.0384. The van der Waals surface area contributed by atoms with E-state index in [4.69, 9.17) is 23.2 Å². The quantitative estimate of drug-likeness (QED) is 0.660. The Labute approximate surface area is 152 Å². The van der Waals surface area contributed by atoms with Crippen molar-refractivity contribution < 1.29 is 4.79 Å². The minimum Gasteiger partial charge on any atom is -0.281 e. The first kappa shape index (κ1) is 17.1. The topological polar surface area (TPSA) is 20.3 Å². The van der Waals surface area contributed by atoms with Gasteiger partial charge in [0.05, 0.1) is 5.92 Å². The van der Waals surface area contributed by atoms with Crippen molar-refractivity contribution in [3.05, 3.63) is 71.2 Å². The molecule has 0 saturated heterocycles. The van der Waals surface area contributed by atoms with E-state index in [1.807, 2.05) is 60.7 Å². The molecule has 2 atom stereocenters. The minimum atomic E-state index is -0.159. The summed E-state index contributed by atoms with van der Waals surface area (Å²) in [5.41, 5.74) is 1.56. The van der Waals surface area contributed by atoms with Crippen molar-refractivity contribution in [1.82, 2.24) is 0 Å². The largest absolute Gasteiger partial charge is 0.281 e. The van der Waals surface area contributed by atoms with Gasteiger partial charge >= 0.3 is 0 Å². The van der Waals surface area contributed by atoms with E-state index in [1.54, 1.807) is 11.0 Å². The molecule has 1 aliphatic carbocycles. The number of allylic oxidation sites excluding steroid dienone is 1. The number of hydrogen-bond acceptors (Lipinski definition) is 1. The van der Waals surface area contributed by atoms with Crippen molar-refractivity contribution in [1.29, 1.82) is 0 Å². The predicted molar refractivity (Wildman–Crippen MR) is 101 cm³/mol. The van der Waals surface area contributed by atoms with Crippen LogP contribution >= 0.6 is 23.2 Å². The lowest BCUT2D eigenvalue weighted by molar-refractivity contribution is -0.119. The van der Waals surface area contributed by atoms with Crippen molar-refractivity contribution >= 4 is 40.5 Å². The van der Waals surface area contributed by atoms with E-state index >= 15 is 0 Å². The summed E-state index contributed by atoms with van der Waals surface area (Å²) in [5, 5.41) is 0. The van der Waals surface area contributed by atoms with Crippen molar-refractivity contribution in [3.63, 3.8) is 0 Å². The maximum Gasteiger partial charge on any atom is 0.235 e. The Bertz CT molecular complexity index is 712. The molecule has 0 heterocycles. The zero-order chi connectivity index (χ0) is 17.3.